The predicted molar refractivity (Wildman–Crippen MR) is 135 cm³/mol. The summed E-state index contributed by atoms with van der Waals surface area (Å²) in [5, 5.41) is 0. The number of hydrogen-bond donors (Lipinski definition) is 0. The van der Waals surface area contributed by atoms with Gasteiger partial charge in [-0.15, -0.1) is 0 Å². The summed E-state index contributed by atoms with van der Waals surface area (Å²) >= 11 is 0. The zero-order valence-electron chi connectivity index (χ0n) is 20.8. The largest absolute Gasteiger partial charge is 0.491 e. The van der Waals surface area contributed by atoms with Crippen molar-refractivity contribution < 1.29 is 4.74 Å². The molecule has 0 N–H and O–H groups in total. The van der Waals surface area contributed by atoms with Crippen molar-refractivity contribution >= 4 is 0 Å². The van der Waals surface area contributed by atoms with Gasteiger partial charge in [0.05, 0.1) is 11.8 Å². The Bertz CT molecular complexity index is 1020. The molecule has 3 rings (SSSR count). The molecule has 0 amide bonds. The van der Waals surface area contributed by atoms with Crippen LogP contribution in [0.15, 0.2) is 48.5 Å². The Labute approximate surface area is 194 Å². The predicted octanol–water partition coefficient (Wildman–Crippen LogP) is 6.91. The molecule has 2 aromatic carbocycles. The van der Waals surface area contributed by atoms with Gasteiger partial charge in [-0.2, -0.15) is 0 Å². The Morgan fingerprint density at radius 1 is 0.906 bits per heavy atom. The molecule has 3 aromatic rings. The zero-order valence-corrected chi connectivity index (χ0v) is 20.8. The highest BCUT2D eigenvalue weighted by Crippen LogP contribution is 2.34. The SMILES string of the molecule is CCc1cccc(CC)c1-c1cc(OC(C)C)c(CN(C)Cc2ccc(C)cc2)c(C)n1. The van der Waals surface area contributed by atoms with E-state index in [0.717, 1.165) is 43.1 Å². The van der Waals surface area contributed by atoms with E-state index in [0.29, 0.717) is 0 Å². The van der Waals surface area contributed by atoms with Gasteiger partial charge in [0.15, 0.2) is 0 Å². The van der Waals surface area contributed by atoms with Crippen LogP contribution in [0.4, 0.5) is 0 Å². The number of nitrogens with zero attached hydrogens (tertiary/aromatic N) is 2. The maximum absolute atomic E-state index is 6.34. The molecular weight excluding hydrogens is 392 g/mol. The van der Waals surface area contributed by atoms with Gasteiger partial charge in [0.25, 0.3) is 0 Å². The van der Waals surface area contributed by atoms with Crippen molar-refractivity contribution in [1.29, 1.82) is 0 Å². The van der Waals surface area contributed by atoms with Crippen molar-refractivity contribution in [3.8, 4) is 17.0 Å². The summed E-state index contributed by atoms with van der Waals surface area (Å²) in [5.74, 6) is 0.950. The number of aromatic nitrogens is 1. The van der Waals surface area contributed by atoms with Crippen molar-refractivity contribution in [3.05, 3.63) is 82.0 Å². The fraction of sp³-hybridized carbons (Fsp3) is 0.414. The summed E-state index contributed by atoms with van der Waals surface area (Å²) < 4.78 is 6.34. The summed E-state index contributed by atoms with van der Waals surface area (Å²) in [6.07, 6.45) is 2.09. The highest BCUT2D eigenvalue weighted by molar-refractivity contribution is 5.70. The van der Waals surface area contributed by atoms with Crippen LogP contribution < -0.4 is 4.74 Å². The van der Waals surface area contributed by atoms with E-state index < -0.39 is 0 Å². The molecule has 3 nitrogen and oxygen atoms in total. The Hall–Kier alpha value is -2.65. The lowest BCUT2D eigenvalue weighted by Crippen LogP contribution is -2.20. The van der Waals surface area contributed by atoms with Gasteiger partial charge in [-0.3, -0.25) is 9.88 Å². The summed E-state index contributed by atoms with van der Waals surface area (Å²) in [6, 6.07) is 17.5. The number of benzene rings is 2. The van der Waals surface area contributed by atoms with Crippen LogP contribution in [0.1, 0.15) is 61.2 Å². The minimum atomic E-state index is 0.109. The molecular formula is C29H38N2O. The molecule has 32 heavy (non-hydrogen) atoms. The average molecular weight is 431 g/mol. The van der Waals surface area contributed by atoms with Gasteiger partial charge in [-0.05, 0) is 64.3 Å². The van der Waals surface area contributed by atoms with E-state index >= 15 is 0 Å². The van der Waals surface area contributed by atoms with Crippen molar-refractivity contribution in [1.82, 2.24) is 9.88 Å². The monoisotopic (exact) mass is 430 g/mol. The topological polar surface area (TPSA) is 25.4 Å². The van der Waals surface area contributed by atoms with Crippen LogP contribution in [0.25, 0.3) is 11.3 Å². The Morgan fingerprint density at radius 2 is 1.53 bits per heavy atom. The first-order valence-corrected chi connectivity index (χ1v) is 11.8. The molecule has 0 aliphatic heterocycles. The molecule has 0 atom stereocenters. The van der Waals surface area contributed by atoms with Crippen molar-refractivity contribution in [2.75, 3.05) is 7.05 Å². The number of ether oxygens (including phenoxy) is 1. The number of rotatable bonds is 9. The smallest absolute Gasteiger partial charge is 0.128 e. The molecule has 0 saturated carbocycles. The normalized spacial score (nSPS) is 11.4. The molecule has 0 bridgehead atoms. The molecule has 0 aliphatic carbocycles. The van der Waals surface area contributed by atoms with Gasteiger partial charge in [-0.25, -0.2) is 0 Å². The molecule has 1 heterocycles. The maximum atomic E-state index is 6.34. The Morgan fingerprint density at radius 3 is 2.09 bits per heavy atom. The van der Waals surface area contributed by atoms with Gasteiger partial charge in [-0.1, -0.05) is 61.9 Å². The molecule has 170 valence electrons. The van der Waals surface area contributed by atoms with Crippen LogP contribution in [0.2, 0.25) is 0 Å². The Kier molecular flexibility index (Phi) is 8.09. The lowest BCUT2D eigenvalue weighted by atomic mass is 9.94. The zero-order chi connectivity index (χ0) is 23.3. The van der Waals surface area contributed by atoms with Crippen molar-refractivity contribution in [3.63, 3.8) is 0 Å². The molecule has 0 unspecified atom stereocenters. The number of hydrogen-bond acceptors (Lipinski definition) is 3. The second-order valence-electron chi connectivity index (χ2n) is 9.05. The van der Waals surface area contributed by atoms with Crippen molar-refractivity contribution in [2.45, 2.75) is 73.6 Å². The average Bonchev–Trinajstić information content (AvgIpc) is 2.76. The lowest BCUT2D eigenvalue weighted by molar-refractivity contribution is 0.232. The van der Waals surface area contributed by atoms with E-state index in [1.165, 1.54) is 33.4 Å². The van der Waals surface area contributed by atoms with Crippen LogP contribution >= 0.6 is 0 Å². The summed E-state index contributed by atoms with van der Waals surface area (Å²) in [4.78, 5) is 7.43. The van der Waals surface area contributed by atoms with E-state index in [2.05, 4.69) is 102 Å². The second kappa shape index (κ2) is 10.8. The summed E-state index contributed by atoms with van der Waals surface area (Å²) in [7, 11) is 2.16. The van der Waals surface area contributed by atoms with E-state index in [9.17, 15) is 0 Å². The third-order valence-corrected chi connectivity index (χ3v) is 5.91. The van der Waals surface area contributed by atoms with Gasteiger partial charge in [0, 0.05) is 36.0 Å². The molecule has 0 fully saturated rings. The second-order valence-corrected chi connectivity index (χ2v) is 9.05. The first kappa shape index (κ1) is 24.0. The maximum Gasteiger partial charge on any atom is 0.128 e. The van der Waals surface area contributed by atoms with E-state index in [-0.39, 0.29) is 6.10 Å². The summed E-state index contributed by atoms with van der Waals surface area (Å²) in [5.41, 5.74) is 9.80. The van der Waals surface area contributed by atoms with Crippen LogP contribution in [0.3, 0.4) is 0 Å². The number of pyridine rings is 1. The third-order valence-electron chi connectivity index (χ3n) is 5.91. The molecule has 0 aliphatic rings. The van der Waals surface area contributed by atoms with Crippen LogP contribution in [0, 0.1) is 13.8 Å². The first-order chi connectivity index (χ1) is 15.3. The minimum Gasteiger partial charge on any atom is -0.491 e. The molecule has 0 spiro atoms. The van der Waals surface area contributed by atoms with Crippen molar-refractivity contribution in [2.24, 2.45) is 0 Å². The number of aryl methyl sites for hydroxylation is 4. The van der Waals surface area contributed by atoms with Gasteiger partial charge in [0.2, 0.25) is 0 Å². The fourth-order valence-electron chi connectivity index (χ4n) is 4.25. The quantitative estimate of drug-likeness (QED) is 0.369. The van der Waals surface area contributed by atoms with Gasteiger partial charge < -0.3 is 4.74 Å². The standard InChI is InChI=1S/C29H38N2O/c1-8-24-11-10-12-25(9-2)29(24)27-17-28(32-20(3)4)26(22(6)30-27)19-31(7)18-23-15-13-21(5)14-16-23/h10-17,20H,8-9,18-19H2,1-7H3. The van der Waals surface area contributed by atoms with Crippen LogP contribution in [-0.4, -0.2) is 23.0 Å². The fourth-order valence-corrected chi connectivity index (χ4v) is 4.25. The van der Waals surface area contributed by atoms with Crippen LogP contribution in [-0.2, 0) is 25.9 Å². The van der Waals surface area contributed by atoms with Gasteiger partial charge >= 0.3 is 0 Å². The molecule has 0 saturated heterocycles. The third kappa shape index (κ3) is 5.77. The molecule has 0 radical (unpaired) electrons. The van der Waals surface area contributed by atoms with Gasteiger partial charge in [0.1, 0.15) is 5.75 Å². The van der Waals surface area contributed by atoms with E-state index in [4.69, 9.17) is 9.72 Å². The van der Waals surface area contributed by atoms with Crippen LogP contribution in [0.5, 0.6) is 5.75 Å². The highest BCUT2D eigenvalue weighted by atomic mass is 16.5. The van der Waals surface area contributed by atoms with E-state index in [1.807, 2.05) is 0 Å². The lowest BCUT2D eigenvalue weighted by Gasteiger charge is -2.23. The summed E-state index contributed by atoms with van der Waals surface area (Å²) in [6.45, 7) is 14.5. The highest BCUT2D eigenvalue weighted by Gasteiger charge is 2.18. The molecule has 3 heteroatoms. The molecule has 1 aromatic heterocycles. The Balaban J connectivity index is 1.98. The minimum absolute atomic E-state index is 0.109. The first-order valence-electron chi connectivity index (χ1n) is 11.8. The van der Waals surface area contributed by atoms with E-state index in [1.54, 1.807) is 0 Å².